The van der Waals surface area contributed by atoms with Gasteiger partial charge >= 0.3 is 5.97 Å². The number of nitrogens with one attached hydrogen (secondary N) is 1. The van der Waals surface area contributed by atoms with Crippen molar-refractivity contribution in [1.29, 1.82) is 0 Å². The Kier molecular flexibility index (Phi) is 4.80. The van der Waals surface area contributed by atoms with Crippen LogP contribution >= 0.6 is 0 Å². The molecule has 0 spiro atoms. The van der Waals surface area contributed by atoms with Gasteiger partial charge in [0.1, 0.15) is 0 Å². The Morgan fingerprint density at radius 3 is 2.54 bits per heavy atom. The molecular formula is C17H21N3O4. The van der Waals surface area contributed by atoms with Gasteiger partial charge in [-0.3, -0.25) is 24.4 Å². The molecule has 24 heavy (non-hydrogen) atoms. The molecule has 2 aromatic rings. The lowest BCUT2D eigenvalue weighted by molar-refractivity contribution is -0.149. The largest absolute Gasteiger partial charge is 0.466 e. The standard InChI is InChI=1S/C17H21N3O4/c1-2-24-17(23)12-7-9-19(10-8-12)11-20-16(22)14-6-4-3-5-13(14)15(21)18-20/h3-6,12H,2,7-11H2,1H3,(H,18,21). The first-order chi connectivity index (χ1) is 11.6. The van der Waals surface area contributed by atoms with Crippen LogP contribution in [0.3, 0.4) is 0 Å². The molecule has 1 aliphatic heterocycles. The number of aromatic amines is 1. The number of hydrogen-bond acceptors (Lipinski definition) is 5. The van der Waals surface area contributed by atoms with Crippen molar-refractivity contribution in [2.75, 3.05) is 19.7 Å². The highest BCUT2D eigenvalue weighted by atomic mass is 16.5. The maximum atomic E-state index is 12.5. The van der Waals surface area contributed by atoms with E-state index in [1.165, 1.54) is 4.68 Å². The second-order valence-electron chi connectivity index (χ2n) is 6.01. The minimum absolute atomic E-state index is 0.0754. The number of ether oxygens (including phenoxy) is 1. The van der Waals surface area contributed by atoms with E-state index >= 15 is 0 Å². The fourth-order valence-electron chi connectivity index (χ4n) is 3.12. The lowest BCUT2D eigenvalue weighted by Gasteiger charge is -2.30. The lowest BCUT2D eigenvalue weighted by Crippen LogP contribution is -2.42. The van der Waals surface area contributed by atoms with Gasteiger partial charge in [0.15, 0.2) is 0 Å². The van der Waals surface area contributed by atoms with Crippen molar-refractivity contribution in [3.05, 3.63) is 45.0 Å². The first-order valence-corrected chi connectivity index (χ1v) is 8.21. The van der Waals surface area contributed by atoms with Crippen molar-refractivity contribution in [3.63, 3.8) is 0 Å². The number of carbonyl (C=O) groups excluding carboxylic acids is 1. The zero-order valence-electron chi connectivity index (χ0n) is 13.7. The first kappa shape index (κ1) is 16.4. The summed E-state index contributed by atoms with van der Waals surface area (Å²) in [6, 6.07) is 6.79. The van der Waals surface area contributed by atoms with E-state index in [0.29, 0.717) is 50.0 Å². The second kappa shape index (κ2) is 7.00. The highest BCUT2D eigenvalue weighted by Gasteiger charge is 2.26. The Bertz CT molecular complexity index is 847. The van der Waals surface area contributed by atoms with Crippen LogP contribution in [0.2, 0.25) is 0 Å². The van der Waals surface area contributed by atoms with E-state index in [9.17, 15) is 14.4 Å². The van der Waals surface area contributed by atoms with E-state index in [-0.39, 0.29) is 23.0 Å². The zero-order chi connectivity index (χ0) is 17.1. The van der Waals surface area contributed by atoms with Gasteiger partial charge in [-0.25, -0.2) is 4.68 Å². The molecule has 1 N–H and O–H groups in total. The number of H-pyrrole nitrogens is 1. The quantitative estimate of drug-likeness (QED) is 0.842. The van der Waals surface area contributed by atoms with Crippen LogP contribution in [0.1, 0.15) is 19.8 Å². The van der Waals surface area contributed by atoms with Crippen LogP contribution in [0.25, 0.3) is 10.8 Å². The van der Waals surface area contributed by atoms with E-state index in [1.807, 2.05) is 0 Å². The van der Waals surface area contributed by atoms with Crippen molar-refractivity contribution in [1.82, 2.24) is 14.7 Å². The molecule has 7 nitrogen and oxygen atoms in total. The molecule has 0 saturated carbocycles. The Balaban J connectivity index is 1.73. The normalized spacial score (nSPS) is 16.4. The Morgan fingerprint density at radius 2 is 1.88 bits per heavy atom. The van der Waals surface area contributed by atoms with Gasteiger partial charge in [-0.2, -0.15) is 0 Å². The molecule has 0 amide bonds. The fourth-order valence-corrected chi connectivity index (χ4v) is 3.12. The number of piperidine rings is 1. The molecule has 1 aliphatic rings. The molecule has 0 atom stereocenters. The molecule has 7 heteroatoms. The SMILES string of the molecule is CCOC(=O)C1CCN(Cn2[nH]c(=O)c3ccccc3c2=O)CC1. The van der Waals surface area contributed by atoms with Gasteiger partial charge in [0, 0.05) is 13.1 Å². The summed E-state index contributed by atoms with van der Waals surface area (Å²) in [5.41, 5.74) is -0.482. The van der Waals surface area contributed by atoms with E-state index in [0.717, 1.165) is 0 Å². The molecule has 1 aromatic heterocycles. The molecule has 0 aliphatic carbocycles. The number of likely N-dealkylation sites (tertiary alicyclic amines) is 1. The number of aromatic nitrogens is 2. The smallest absolute Gasteiger partial charge is 0.309 e. The molecule has 0 unspecified atom stereocenters. The van der Waals surface area contributed by atoms with Crippen molar-refractivity contribution >= 4 is 16.7 Å². The molecule has 0 radical (unpaired) electrons. The molecule has 1 fully saturated rings. The number of hydrogen-bond donors (Lipinski definition) is 1. The third-order valence-electron chi connectivity index (χ3n) is 4.43. The summed E-state index contributed by atoms with van der Waals surface area (Å²) in [4.78, 5) is 38.4. The summed E-state index contributed by atoms with van der Waals surface area (Å²) in [5, 5.41) is 3.46. The third kappa shape index (κ3) is 3.26. The molecule has 1 aromatic carbocycles. The van der Waals surface area contributed by atoms with Gasteiger partial charge in [0.25, 0.3) is 11.1 Å². The molecule has 0 bridgehead atoms. The topological polar surface area (TPSA) is 84.4 Å². The molecule has 128 valence electrons. The Morgan fingerprint density at radius 1 is 1.21 bits per heavy atom. The highest BCUT2D eigenvalue weighted by molar-refractivity contribution is 5.80. The van der Waals surface area contributed by atoms with Crippen molar-refractivity contribution in [3.8, 4) is 0 Å². The number of benzene rings is 1. The number of fused-ring (bicyclic) bond motifs is 1. The minimum atomic E-state index is -0.272. The van der Waals surface area contributed by atoms with Crippen molar-refractivity contribution < 1.29 is 9.53 Å². The van der Waals surface area contributed by atoms with E-state index in [1.54, 1.807) is 31.2 Å². The van der Waals surface area contributed by atoms with Crippen molar-refractivity contribution in [2.24, 2.45) is 5.92 Å². The first-order valence-electron chi connectivity index (χ1n) is 8.21. The molecular weight excluding hydrogens is 310 g/mol. The maximum absolute atomic E-state index is 12.5. The average molecular weight is 331 g/mol. The lowest BCUT2D eigenvalue weighted by atomic mass is 9.97. The Labute approximate surface area is 138 Å². The summed E-state index contributed by atoms with van der Waals surface area (Å²) >= 11 is 0. The summed E-state index contributed by atoms with van der Waals surface area (Å²) in [6.45, 7) is 3.88. The van der Waals surface area contributed by atoms with Crippen LogP contribution in [0, 0.1) is 5.92 Å². The van der Waals surface area contributed by atoms with Gasteiger partial charge in [-0.15, -0.1) is 0 Å². The number of rotatable bonds is 4. The summed E-state index contributed by atoms with van der Waals surface area (Å²) in [6.07, 6.45) is 1.40. The average Bonchev–Trinajstić information content (AvgIpc) is 2.60. The monoisotopic (exact) mass is 331 g/mol. The van der Waals surface area contributed by atoms with Crippen LogP contribution in [-0.2, 0) is 16.2 Å². The number of carbonyl (C=O) groups is 1. The minimum Gasteiger partial charge on any atom is -0.466 e. The molecule has 1 saturated heterocycles. The van der Waals surface area contributed by atoms with Crippen LogP contribution in [-0.4, -0.2) is 40.3 Å². The van der Waals surface area contributed by atoms with Gasteiger partial charge < -0.3 is 4.74 Å². The van der Waals surface area contributed by atoms with E-state index in [2.05, 4.69) is 10.00 Å². The zero-order valence-corrected chi connectivity index (χ0v) is 13.7. The van der Waals surface area contributed by atoms with Gasteiger partial charge in [-0.1, -0.05) is 12.1 Å². The summed E-state index contributed by atoms with van der Waals surface area (Å²) in [5.74, 6) is -0.220. The third-order valence-corrected chi connectivity index (χ3v) is 4.43. The predicted octanol–water partition coefficient (Wildman–Crippen LogP) is 0.922. The summed E-state index contributed by atoms with van der Waals surface area (Å²) in [7, 11) is 0. The van der Waals surface area contributed by atoms with Gasteiger partial charge in [-0.05, 0) is 31.9 Å². The van der Waals surface area contributed by atoms with Crippen molar-refractivity contribution in [2.45, 2.75) is 26.4 Å². The number of nitrogens with zero attached hydrogens (tertiary/aromatic N) is 2. The van der Waals surface area contributed by atoms with Crippen LogP contribution in [0.4, 0.5) is 0 Å². The van der Waals surface area contributed by atoms with Crippen LogP contribution in [0.5, 0.6) is 0 Å². The number of esters is 1. The van der Waals surface area contributed by atoms with Gasteiger partial charge in [0.2, 0.25) is 0 Å². The molecule has 3 rings (SSSR count). The van der Waals surface area contributed by atoms with Crippen LogP contribution in [0.15, 0.2) is 33.9 Å². The molecule has 2 heterocycles. The predicted molar refractivity (Wildman–Crippen MR) is 89.8 cm³/mol. The van der Waals surface area contributed by atoms with Gasteiger partial charge in [0.05, 0.1) is 30.0 Å². The Hall–Kier alpha value is -2.41. The summed E-state index contributed by atoms with van der Waals surface area (Å²) < 4.78 is 6.40. The maximum Gasteiger partial charge on any atom is 0.309 e. The van der Waals surface area contributed by atoms with E-state index < -0.39 is 0 Å². The van der Waals surface area contributed by atoms with Crippen LogP contribution < -0.4 is 11.1 Å². The highest BCUT2D eigenvalue weighted by Crippen LogP contribution is 2.18. The fraction of sp³-hybridized carbons (Fsp3) is 0.471. The van der Waals surface area contributed by atoms with E-state index in [4.69, 9.17) is 4.74 Å². The second-order valence-corrected chi connectivity index (χ2v) is 6.01.